The van der Waals surface area contributed by atoms with Crippen molar-refractivity contribution in [2.45, 2.75) is 12.5 Å². The van der Waals surface area contributed by atoms with Gasteiger partial charge in [0.1, 0.15) is 11.6 Å². The molecular weight excluding hydrogens is 468 g/mol. The van der Waals surface area contributed by atoms with Crippen molar-refractivity contribution in [1.29, 1.82) is 0 Å². The number of aromatic nitrogens is 3. The summed E-state index contributed by atoms with van der Waals surface area (Å²) in [5.74, 6) is -1.97. The maximum Gasteiger partial charge on any atom is 0.326 e. The molecule has 8 heteroatoms. The van der Waals surface area contributed by atoms with Crippen LogP contribution in [0.2, 0.25) is 0 Å². The Kier molecular flexibility index (Phi) is 6.38. The summed E-state index contributed by atoms with van der Waals surface area (Å²) in [5, 5.41) is 17.9. The molecule has 5 rings (SSSR count). The number of carbonyl (C=O) groups is 2. The van der Waals surface area contributed by atoms with Crippen molar-refractivity contribution in [3.8, 4) is 22.4 Å². The molecule has 8 nitrogen and oxygen atoms in total. The number of para-hydroxylation sites is 1. The molecule has 1 amide bonds. The van der Waals surface area contributed by atoms with E-state index in [9.17, 15) is 19.5 Å². The first-order chi connectivity index (χ1) is 17.9. The van der Waals surface area contributed by atoms with Crippen LogP contribution >= 0.6 is 0 Å². The van der Waals surface area contributed by atoms with Crippen molar-refractivity contribution in [2.75, 3.05) is 0 Å². The Hall–Kier alpha value is -4.98. The van der Waals surface area contributed by atoms with E-state index in [-0.39, 0.29) is 12.0 Å². The van der Waals surface area contributed by atoms with E-state index in [2.05, 4.69) is 15.4 Å². The first kappa shape index (κ1) is 23.7. The van der Waals surface area contributed by atoms with Gasteiger partial charge in [-0.3, -0.25) is 9.59 Å². The number of amides is 1. The summed E-state index contributed by atoms with van der Waals surface area (Å²) in [6.45, 7) is 0. The molecule has 5 aromatic rings. The SMILES string of the molecule is Cn1nc(-c2ccccc2)c(-c2ccccc2)c(C(=O)NC(Cc2c[nH]c3ccccc23)C(=O)O)c1=O. The number of carboxylic acid groups (broad SMARTS) is 1. The van der Waals surface area contributed by atoms with Crippen molar-refractivity contribution < 1.29 is 14.7 Å². The van der Waals surface area contributed by atoms with E-state index < -0.39 is 23.5 Å². The number of nitrogens with one attached hydrogen (secondary N) is 2. The zero-order valence-electron chi connectivity index (χ0n) is 20.0. The van der Waals surface area contributed by atoms with Crippen LogP contribution in [0.15, 0.2) is 95.9 Å². The number of aromatic amines is 1. The third-order valence-corrected chi connectivity index (χ3v) is 6.28. The molecule has 1 atom stereocenters. The molecule has 2 aromatic heterocycles. The highest BCUT2D eigenvalue weighted by molar-refractivity contribution is 6.05. The van der Waals surface area contributed by atoms with Gasteiger partial charge in [0.2, 0.25) is 0 Å². The number of hydrogen-bond acceptors (Lipinski definition) is 4. The number of aryl methyl sites for hydroxylation is 1. The molecule has 0 aliphatic rings. The zero-order valence-corrected chi connectivity index (χ0v) is 20.0. The Morgan fingerprint density at radius 2 is 1.57 bits per heavy atom. The van der Waals surface area contributed by atoms with Crippen molar-refractivity contribution in [2.24, 2.45) is 7.05 Å². The summed E-state index contributed by atoms with van der Waals surface area (Å²) >= 11 is 0. The van der Waals surface area contributed by atoms with Crippen LogP contribution in [0, 0.1) is 0 Å². The van der Waals surface area contributed by atoms with Crippen LogP contribution in [0.3, 0.4) is 0 Å². The smallest absolute Gasteiger partial charge is 0.326 e. The van der Waals surface area contributed by atoms with Crippen molar-refractivity contribution in [3.63, 3.8) is 0 Å². The molecule has 0 fully saturated rings. The molecular formula is C29H24N4O4. The molecule has 0 bridgehead atoms. The Labute approximate surface area is 212 Å². The third-order valence-electron chi connectivity index (χ3n) is 6.28. The second-order valence-corrected chi connectivity index (χ2v) is 8.69. The average molecular weight is 493 g/mol. The van der Waals surface area contributed by atoms with E-state index in [4.69, 9.17) is 0 Å². The minimum absolute atomic E-state index is 0.0443. The molecule has 37 heavy (non-hydrogen) atoms. The lowest BCUT2D eigenvalue weighted by Crippen LogP contribution is -2.45. The minimum Gasteiger partial charge on any atom is -0.480 e. The van der Waals surface area contributed by atoms with Gasteiger partial charge in [-0.1, -0.05) is 78.9 Å². The number of fused-ring (bicyclic) bond motifs is 1. The number of H-pyrrole nitrogens is 1. The molecule has 0 spiro atoms. The number of carbonyl (C=O) groups excluding carboxylic acids is 1. The van der Waals surface area contributed by atoms with Crippen LogP contribution in [-0.2, 0) is 18.3 Å². The summed E-state index contributed by atoms with van der Waals surface area (Å²) in [7, 11) is 1.47. The first-order valence-electron chi connectivity index (χ1n) is 11.7. The Balaban J connectivity index is 1.60. The highest BCUT2D eigenvalue weighted by atomic mass is 16.4. The maximum atomic E-state index is 13.7. The van der Waals surface area contributed by atoms with Crippen molar-refractivity contribution in [1.82, 2.24) is 20.1 Å². The fraction of sp³-hybridized carbons (Fsp3) is 0.103. The van der Waals surface area contributed by atoms with Gasteiger partial charge in [0.05, 0.1) is 5.69 Å². The fourth-order valence-corrected chi connectivity index (χ4v) is 4.48. The number of aliphatic carboxylic acids is 1. The van der Waals surface area contributed by atoms with E-state index >= 15 is 0 Å². The van der Waals surface area contributed by atoms with E-state index in [0.29, 0.717) is 16.8 Å². The van der Waals surface area contributed by atoms with Gasteiger partial charge in [-0.15, -0.1) is 0 Å². The molecule has 0 aliphatic heterocycles. The number of nitrogens with zero attached hydrogens (tertiary/aromatic N) is 2. The quantitative estimate of drug-likeness (QED) is 0.317. The standard InChI is InChI=1S/C29H24N4O4/c1-33-28(35)25(24(18-10-4-2-5-11-18)26(32-33)19-12-6-3-7-13-19)27(34)31-23(29(36)37)16-20-17-30-22-15-9-8-14-21(20)22/h2-15,17,23,30H,16H2,1H3,(H,31,34)(H,36,37). The van der Waals surface area contributed by atoms with Gasteiger partial charge < -0.3 is 15.4 Å². The van der Waals surface area contributed by atoms with Gasteiger partial charge in [0.25, 0.3) is 11.5 Å². The summed E-state index contributed by atoms with van der Waals surface area (Å²) in [6.07, 6.45) is 1.78. The molecule has 0 aliphatic carbocycles. The van der Waals surface area contributed by atoms with Gasteiger partial charge in [0, 0.05) is 41.7 Å². The predicted octanol–water partition coefficient (Wildman–Crippen LogP) is 4.02. The van der Waals surface area contributed by atoms with E-state index in [1.54, 1.807) is 30.5 Å². The first-order valence-corrected chi connectivity index (χ1v) is 11.7. The summed E-state index contributed by atoms with van der Waals surface area (Å²) in [6, 6.07) is 24.6. The van der Waals surface area contributed by atoms with Crippen molar-refractivity contribution in [3.05, 3.63) is 113 Å². The monoisotopic (exact) mass is 492 g/mol. The molecule has 184 valence electrons. The van der Waals surface area contributed by atoms with E-state index in [1.165, 1.54) is 7.05 Å². The Morgan fingerprint density at radius 1 is 0.946 bits per heavy atom. The van der Waals surface area contributed by atoms with Crippen LogP contribution < -0.4 is 10.9 Å². The Morgan fingerprint density at radius 3 is 2.24 bits per heavy atom. The molecule has 0 radical (unpaired) electrons. The van der Waals surface area contributed by atoms with E-state index in [1.807, 2.05) is 60.7 Å². The summed E-state index contributed by atoms with van der Waals surface area (Å²) in [4.78, 5) is 42.3. The second-order valence-electron chi connectivity index (χ2n) is 8.69. The highest BCUT2D eigenvalue weighted by Gasteiger charge is 2.28. The lowest BCUT2D eigenvalue weighted by Gasteiger charge is -2.18. The summed E-state index contributed by atoms with van der Waals surface area (Å²) in [5.41, 5.74) is 2.99. The van der Waals surface area contributed by atoms with Gasteiger partial charge in [-0.25, -0.2) is 9.48 Å². The molecule has 0 saturated heterocycles. The predicted molar refractivity (Wildman–Crippen MR) is 141 cm³/mol. The maximum absolute atomic E-state index is 13.7. The Bertz CT molecular complexity index is 1660. The molecule has 1 unspecified atom stereocenters. The van der Waals surface area contributed by atoms with Gasteiger partial charge in [-0.05, 0) is 17.2 Å². The lowest BCUT2D eigenvalue weighted by molar-refractivity contribution is -0.139. The fourth-order valence-electron chi connectivity index (χ4n) is 4.48. The summed E-state index contributed by atoms with van der Waals surface area (Å²) < 4.78 is 1.11. The van der Waals surface area contributed by atoms with Gasteiger partial charge in [0.15, 0.2) is 0 Å². The van der Waals surface area contributed by atoms with Crippen LogP contribution in [0.5, 0.6) is 0 Å². The topological polar surface area (TPSA) is 117 Å². The van der Waals surface area contributed by atoms with Crippen molar-refractivity contribution >= 4 is 22.8 Å². The normalized spacial score (nSPS) is 11.8. The van der Waals surface area contributed by atoms with Crippen LogP contribution in [0.4, 0.5) is 0 Å². The highest BCUT2D eigenvalue weighted by Crippen LogP contribution is 2.32. The number of carboxylic acids is 1. The van der Waals surface area contributed by atoms with Crippen LogP contribution in [0.25, 0.3) is 33.3 Å². The number of hydrogen-bond donors (Lipinski definition) is 3. The number of rotatable bonds is 7. The molecule has 3 N–H and O–H groups in total. The van der Waals surface area contributed by atoms with Crippen LogP contribution in [0.1, 0.15) is 15.9 Å². The van der Waals surface area contributed by atoms with Gasteiger partial charge in [-0.2, -0.15) is 5.10 Å². The third kappa shape index (κ3) is 4.64. The number of benzene rings is 3. The van der Waals surface area contributed by atoms with Crippen LogP contribution in [-0.4, -0.2) is 37.8 Å². The van der Waals surface area contributed by atoms with E-state index in [0.717, 1.165) is 26.7 Å². The largest absolute Gasteiger partial charge is 0.480 e. The average Bonchev–Trinajstić information content (AvgIpc) is 3.33. The van der Waals surface area contributed by atoms with Gasteiger partial charge >= 0.3 is 5.97 Å². The minimum atomic E-state index is -1.26. The lowest BCUT2D eigenvalue weighted by atomic mass is 9.94. The zero-order chi connectivity index (χ0) is 25.9. The molecule has 3 aromatic carbocycles. The second kappa shape index (κ2) is 9.94. The molecule has 0 saturated carbocycles. The molecule has 2 heterocycles.